The van der Waals surface area contributed by atoms with Crippen molar-refractivity contribution in [1.29, 1.82) is 0 Å². The fourth-order valence-electron chi connectivity index (χ4n) is 4.04. The summed E-state index contributed by atoms with van der Waals surface area (Å²) in [5, 5.41) is 2.61. The minimum Gasteiger partial charge on any atom is -0.493 e. The molecule has 1 heterocycles. The second kappa shape index (κ2) is 10.9. The van der Waals surface area contributed by atoms with Crippen LogP contribution in [0, 0.1) is 11.8 Å². The third-order valence-corrected chi connectivity index (χ3v) is 7.41. The molecule has 0 aromatic heterocycles. The maximum atomic E-state index is 13.0. The van der Waals surface area contributed by atoms with Gasteiger partial charge in [-0.25, -0.2) is 13.2 Å². The maximum Gasteiger partial charge on any atom is 0.338 e. The SMILES string of the molecule is COc1ccc(NC(=O)COC(=O)c2ccc(S(=O)(=O)N3C[C@H](C)C[C@H](C)C3)cc2)cc1OC. The van der Waals surface area contributed by atoms with Crippen LogP contribution in [0.15, 0.2) is 47.4 Å². The van der Waals surface area contributed by atoms with E-state index < -0.39 is 28.5 Å². The Balaban J connectivity index is 1.58. The van der Waals surface area contributed by atoms with E-state index in [2.05, 4.69) is 5.32 Å². The van der Waals surface area contributed by atoms with Crippen LogP contribution >= 0.6 is 0 Å². The molecule has 1 aliphatic rings. The van der Waals surface area contributed by atoms with Gasteiger partial charge in [0.1, 0.15) is 0 Å². The Morgan fingerprint density at radius 2 is 1.59 bits per heavy atom. The number of methoxy groups -OCH3 is 2. The van der Waals surface area contributed by atoms with E-state index in [1.165, 1.54) is 42.8 Å². The number of carbonyl (C=O) groups excluding carboxylic acids is 2. The Morgan fingerprint density at radius 3 is 2.18 bits per heavy atom. The minimum absolute atomic E-state index is 0.122. The van der Waals surface area contributed by atoms with E-state index in [0.717, 1.165) is 6.42 Å². The Morgan fingerprint density at radius 1 is 0.971 bits per heavy atom. The molecule has 1 N–H and O–H groups in total. The Kier molecular flexibility index (Phi) is 8.16. The van der Waals surface area contributed by atoms with Crippen LogP contribution in [0.5, 0.6) is 11.5 Å². The quantitative estimate of drug-likeness (QED) is 0.566. The zero-order valence-corrected chi connectivity index (χ0v) is 20.6. The lowest BCUT2D eigenvalue weighted by Gasteiger charge is -2.34. The number of esters is 1. The number of rotatable bonds is 8. The van der Waals surface area contributed by atoms with Crippen LogP contribution < -0.4 is 14.8 Å². The Labute approximate surface area is 200 Å². The lowest BCUT2D eigenvalue weighted by Crippen LogP contribution is -2.42. The van der Waals surface area contributed by atoms with Gasteiger partial charge in [0, 0.05) is 24.8 Å². The van der Waals surface area contributed by atoms with Crippen LogP contribution in [0.2, 0.25) is 0 Å². The smallest absolute Gasteiger partial charge is 0.338 e. The number of piperidine rings is 1. The molecule has 1 amide bonds. The molecule has 0 aliphatic carbocycles. The first-order valence-corrected chi connectivity index (χ1v) is 12.4. The van der Waals surface area contributed by atoms with Crippen molar-refractivity contribution >= 4 is 27.6 Å². The van der Waals surface area contributed by atoms with Crippen LogP contribution in [0.4, 0.5) is 5.69 Å². The van der Waals surface area contributed by atoms with Crippen LogP contribution in [0.25, 0.3) is 0 Å². The van der Waals surface area contributed by atoms with E-state index >= 15 is 0 Å². The number of nitrogens with one attached hydrogen (secondary N) is 1. The van der Waals surface area contributed by atoms with Gasteiger partial charge >= 0.3 is 5.97 Å². The summed E-state index contributed by atoms with van der Waals surface area (Å²) in [5.41, 5.74) is 0.604. The number of hydrogen-bond donors (Lipinski definition) is 1. The van der Waals surface area contributed by atoms with Crippen molar-refractivity contribution in [3.8, 4) is 11.5 Å². The highest BCUT2D eigenvalue weighted by Crippen LogP contribution is 2.30. The van der Waals surface area contributed by atoms with E-state index in [4.69, 9.17) is 14.2 Å². The first kappa shape index (κ1) is 25.5. The first-order chi connectivity index (χ1) is 16.1. The standard InChI is InChI=1S/C24H30N2O7S/c1-16-11-17(2)14-26(13-16)34(29,30)20-8-5-18(6-9-20)24(28)33-15-23(27)25-19-7-10-21(31-3)22(12-19)32-4/h5-10,12,16-17H,11,13-15H2,1-4H3,(H,25,27)/t16-,17+. The molecule has 34 heavy (non-hydrogen) atoms. The van der Waals surface area contributed by atoms with Crippen LogP contribution in [0.1, 0.15) is 30.6 Å². The molecule has 9 nitrogen and oxygen atoms in total. The number of ether oxygens (including phenoxy) is 3. The number of benzene rings is 2. The maximum absolute atomic E-state index is 13.0. The van der Waals surface area contributed by atoms with Gasteiger partial charge in [-0.3, -0.25) is 4.79 Å². The second-order valence-electron chi connectivity index (χ2n) is 8.49. The fourth-order valence-corrected chi connectivity index (χ4v) is 5.72. The van der Waals surface area contributed by atoms with Crippen LogP contribution in [0.3, 0.4) is 0 Å². The molecule has 0 unspecified atom stereocenters. The fraction of sp³-hybridized carbons (Fsp3) is 0.417. The summed E-state index contributed by atoms with van der Waals surface area (Å²) < 4.78 is 42.9. The van der Waals surface area contributed by atoms with Crippen molar-refractivity contribution in [3.63, 3.8) is 0 Å². The predicted octanol–water partition coefficient (Wildman–Crippen LogP) is 3.17. The zero-order chi connectivity index (χ0) is 24.9. The summed E-state index contributed by atoms with van der Waals surface area (Å²) >= 11 is 0. The summed E-state index contributed by atoms with van der Waals surface area (Å²) in [6, 6.07) is 10.4. The number of anilines is 1. The van der Waals surface area contributed by atoms with Crippen molar-refractivity contribution in [2.75, 3.05) is 39.2 Å². The van der Waals surface area contributed by atoms with Gasteiger partial charge in [0.15, 0.2) is 18.1 Å². The number of sulfonamides is 1. The molecular formula is C24H30N2O7S. The van der Waals surface area contributed by atoms with Gasteiger partial charge in [0.2, 0.25) is 10.0 Å². The molecule has 1 fully saturated rings. The second-order valence-corrected chi connectivity index (χ2v) is 10.4. The molecular weight excluding hydrogens is 460 g/mol. The van der Waals surface area contributed by atoms with Gasteiger partial charge in [-0.15, -0.1) is 0 Å². The summed E-state index contributed by atoms with van der Waals surface area (Å²) in [6.07, 6.45) is 0.996. The molecule has 0 spiro atoms. The summed E-state index contributed by atoms with van der Waals surface area (Å²) in [5.74, 6) is 0.276. The molecule has 10 heteroatoms. The summed E-state index contributed by atoms with van der Waals surface area (Å²) in [4.78, 5) is 24.6. The summed E-state index contributed by atoms with van der Waals surface area (Å²) in [7, 11) is -0.656. The van der Waals surface area contributed by atoms with Crippen molar-refractivity contribution < 1.29 is 32.2 Å². The van der Waals surface area contributed by atoms with E-state index in [1.54, 1.807) is 18.2 Å². The molecule has 2 atom stereocenters. The van der Waals surface area contributed by atoms with Gasteiger partial charge < -0.3 is 19.5 Å². The van der Waals surface area contributed by atoms with Crippen molar-refractivity contribution in [2.45, 2.75) is 25.2 Å². The average Bonchev–Trinajstić information content (AvgIpc) is 2.81. The van der Waals surface area contributed by atoms with Gasteiger partial charge in [0.05, 0.1) is 24.7 Å². The zero-order valence-electron chi connectivity index (χ0n) is 19.7. The number of nitrogens with zero attached hydrogens (tertiary/aromatic N) is 1. The van der Waals surface area contributed by atoms with Crippen molar-refractivity contribution in [1.82, 2.24) is 4.31 Å². The van der Waals surface area contributed by atoms with Gasteiger partial charge in [0.25, 0.3) is 5.91 Å². The Hall–Kier alpha value is -3.11. The first-order valence-electron chi connectivity index (χ1n) is 10.9. The molecule has 2 aromatic carbocycles. The molecule has 1 aliphatic heterocycles. The minimum atomic E-state index is -3.64. The highest BCUT2D eigenvalue weighted by molar-refractivity contribution is 7.89. The topological polar surface area (TPSA) is 111 Å². The van der Waals surface area contributed by atoms with E-state index in [-0.39, 0.29) is 22.3 Å². The molecule has 0 bridgehead atoms. The lowest BCUT2D eigenvalue weighted by molar-refractivity contribution is -0.119. The van der Waals surface area contributed by atoms with E-state index in [1.807, 2.05) is 13.8 Å². The number of carbonyl (C=O) groups is 2. The number of hydrogen-bond acceptors (Lipinski definition) is 7. The van der Waals surface area contributed by atoms with Crippen molar-refractivity contribution in [2.24, 2.45) is 11.8 Å². The summed E-state index contributed by atoms with van der Waals surface area (Å²) in [6.45, 7) is 4.53. The highest BCUT2D eigenvalue weighted by Gasteiger charge is 2.31. The highest BCUT2D eigenvalue weighted by atomic mass is 32.2. The number of amides is 1. The van der Waals surface area contributed by atoms with Gasteiger partial charge in [-0.1, -0.05) is 13.8 Å². The average molecular weight is 491 g/mol. The third-order valence-electron chi connectivity index (χ3n) is 5.56. The monoisotopic (exact) mass is 490 g/mol. The molecule has 2 aromatic rings. The van der Waals surface area contributed by atoms with Crippen molar-refractivity contribution in [3.05, 3.63) is 48.0 Å². The van der Waals surface area contributed by atoms with Crippen LogP contribution in [-0.2, 0) is 19.6 Å². The Bertz CT molecular complexity index is 1120. The molecule has 184 valence electrons. The van der Waals surface area contributed by atoms with E-state index in [9.17, 15) is 18.0 Å². The predicted molar refractivity (Wildman–Crippen MR) is 127 cm³/mol. The van der Waals surface area contributed by atoms with Crippen LogP contribution in [-0.4, -0.2) is 58.5 Å². The normalized spacial score (nSPS) is 18.7. The largest absolute Gasteiger partial charge is 0.493 e. The molecule has 1 saturated heterocycles. The van der Waals surface area contributed by atoms with Gasteiger partial charge in [-0.05, 0) is 54.7 Å². The third kappa shape index (κ3) is 6.06. The van der Waals surface area contributed by atoms with Gasteiger partial charge in [-0.2, -0.15) is 4.31 Å². The van der Waals surface area contributed by atoms with E-state index in [0.29, 0.717) is 30.3 Å². The lowest BCUT2D eigenvalue weighted by atomic mass is 9.94. The molecule has 3 rings (SSSR count). The molecule has 0 saturated carbocycles. The molecule has 0 radical (unpaired) electrons.